The lowest BCUT2D eigenvalue weighted by atomic mass is 9.99. The second kappa shape index (κ2) is 7.46. The van der Waals surface area contributed by atoms with Gasteiger partial charge in [-0.2, -0.15) is 0 Å². The lowest BCUT2D eigenvalue weighted by Crippen LogP contribution is -2.32. The molecule has 2 nitrogen and oxygen atoms in total. The zero-order chi connectivity index (χ0) is 12.7. The second-order valence-electron chi connectivity index (χ2n) is 4.66. The van der Waals surface area contributed by atoms with Crippen LogP contribution in [0.4, 0.5) is 0 Å². The molecule has 1 aromatic rings. The molecule has 0 aliphatic heterocycles. The zero-order valence-corrected chi connectivity index (χ0v) is 11.5. The molecule has 96 valence electrons. The Balaban J connectivity index is 2.61. The standard InChI is InChI=1S/C15H25NO/c1-5-16-15(8-9-17-4)11-14-7-6-12(2)13(3)10-14/h6-7,10,15-16H,5,8-9,11H2,1-4H3. The molecule has 0 saturated carbocycles. The number of likely N-dealkylation sites (N-methyl/N-ethyl adjacent to an activating group) is 1. The first-order valence-electron chi connectivity index (χ1n) is 6.45. The Hall–Kier alpha value is -0.860. The van der Waals surface area contributed by atoms with E-state index < -0.39 is 0 Å². The number of methoxy groups -OCH3 is 1. The van der Waals surface area contributed by atoms with Crippen LogP contribution in [-0.4, -0.2) is 26.3 Å². The fraction of sp³-hybridized carbons (Fsp3) is 0.600. The van der Waals surface area contributed by atoms with Crippen LogP contribution >= 0.6 is 0 Å². The van der Waals surface area contributed by atoms with Gasteiger partial charge in [-0.05, 0) is 49.9 Å². The van der Waals surface area contributed by atoms with Gasteiger partial charge in [-0.25, -0.2) is 0 Å². The summed E-state index contributed by atoms with van der Waals surface area (Å²) in [5, 5.41) is 3.52. The summed E-state index contributed by atoms with van der Waals surface area (Å²) in [6.07, 6.45) is 2.15. The van der Waals surface area contributed by atoms with Gasteiger partial charge < -0.3 is 10.1 Å². The van der Waals surface area contributed by atoms with Crippen LogP contribution in [0.3, 0.4) is 0 Å². The van der Waals surface area contributed by atoms with Crippen molar-refractivity contribution in [2.45, 2.75) is 39.7 Å². The quantitative estimate of drug-likeness (QED) is 0.784. The van der Waals surface area contributed by atoms with Gasteiger partial charge in [0, 0.05) is 19.8 Å². The summed E-state index contributed by atoms with van der Waals surface area (Å²) < 4.78 is 5.16. The van der Waals surface area contributed by atoms with E-state index in [9.17, 15) is 0 Å². The molecule has 17 heavy (non-hydrogen) atoms. The Labute approximate surface area is 105 Å². The van der Waals surface area contributed by atoms with Crippen molar-refractivity contribution in [1.29, 1.82) is 0 Å². The Morgan fingerprint density at radius 3 is 2.59 bits per heavy atom. The fourth-order valence-electron chi connectivity index (χ4n) is 2.04. The fourth-order valence-corrected chi connectivity index (χ4v) is 2.04. The topological polar surface area (TPSA) is 21.3 Å². The molecule has 0 aliphatic rings. The molecular formula is C15H25NO. The highest BCUT2D eigenvalue weighted by molar-refractivity contribution is 5.30. The summed E-state index contributed by atoms with van der Waals surface area (Å²) in [5.74, 6) is 0. The maximum atomic E-state index is 5.16. The van der Waals surface area contributed by atoms with E-state index in [1.807, 2.05) is 0 Å². The van der Waals surface area contributed by atoms with Crippen molar-refractivity contribution in [3.05, 3.63) is 34.9 Å². The van der Waals surface area contributed by atoms with Gasteiger partial charge in [0.25, 0.3) is 0 Å². The smallest absolute Gasteiger partial charge is 0.0477 e. The number of ether oxygens (including phenoxy) is 1. The summed E-state index contributed by atoms with van der Waals surface area (Å²) in [4.78, 5) is 0. The molecule has 0 radical (unpaired) electrons. The number of benzene rings is 1. The van der Waals surface area contributed by atoms with E-state index in [4.69, 9.17) is 4.74 Å². The predicted octanol–water partition coefficient (Wildman–Crippen LogP) is 2.86. The van der Waals surface area contributed by atoms with Gasteiger partial charge in [0.2, 0.25) is 0 Å². The predicted molar refractivity (Wildman–Crippen MR) is 73.6 cm³/mol. The highest BCUT2D eigenvalue weighted by Gasteiger charge is 2.08. The summed E-state index contributed by atoms with van der Waals surface area (Å²) >= 11 is 0. The lowest BCUT2D eigenvalue weighted by Gasteiger charge is -2.18. The molecule has 0 spiro atoms. The average Bonchev–Trinajstić information content (AvgIpc) is 2.31. The van der Waals surface area contributed by atoms with Gasteiger partial charge in [-0.15, -0.1) is 0 Å². The van der Waals surface area contributed by atoms with Crippen LogP contribution in [0.15, 0.2) is 18.2 Å². The minimum absolute atomic E-state index is 0.516. The number of rotatable bonds is 7. The number of nitrogens with one attached hydrogen (secondary N) is 1. The van der Waals surface area contributed by atoms with Crippen molar-refractivity contribution in [3.63, 3.8) is 0 Å². The summed E-state index contributed by atoms with van der Waals surface area (Å²) in [6, 6.07) is 7.26. The molecule has 1 aromatic carbocycles. The lowest BCUT2D eigenvalue weighted by molar-refractivity contribution is 0.183. The molecule has 0 fully saturated rings. The Kier molecular flexibility index (Phi) is 6.23. The van der Waals surface area contributed by atoms with E-state index in [-0.39, 0.29) is 0 Å². The SMILES string of the molecule is CCNC(CCOC)Cc1ccc(C)c(C)c1. The normalized spacial score (nSPS) is 12.7. The monoisotopic (exact) mass is 235 g/mol. The first kappa shape index (κ1) is 14.2. The summed E-state index contributed by atoms with van der Waals surface area (Å²) in [7, 11) is 1.76. The summed E-state index contributed by atoms with van der Waals surface area (Å²) in [6.45, 7) is 8.32. The van der Waals surface area contributed by atoms with Crippen LogP contribution in [0.5, 0.6) is 0 Å². The third kappa shape index (κ3) is 4.88. The average molecular weight is 235 g/mol. The molecule has 1 N–H and O–H groups in total. The first-order valence-corrected chi connectivity index (χ1v) is 6.45. The highest BCUT2D eigenvalue weighted by atomic mass is 16.5. The van der Waals surface area contributed by atoms with Gasteiger partial charge >= 0.3 is 0 Å². The van der Waals surface area contributed by atoms with Gasteiger partial charge in [0.05, 0.1) is 0 Å². The Bertz CT molecular complexity index is 336. The van der Waals surface area contributed by atoms with E-state index in [2.05, 4.69) is 44.3 Å². The molecular weight excluding hydrogens is 210 g/mol. The van der Waals surface area contributed by atoms with E-state index in [0.29, 0.717) is 6.04 Å². The van der Waals surface area contributed by atoms with Crippen molar-refractivity contribution in [2.24, 2.45) is 0 Å². The van der Waals surface area contributed by atoms with Crippen LogP contribution in [0.2, 0.25) is 0 Å². The maximum Gasteiger partial charge on any atom is 0.0477 e. The Morgan fingerprint density at radius 1 is 1.24 bits per heavy atom. The van der Waals surface area contributed by atoms with E-state index in [0.717, 1.165) is 26.0 Å². The van der Waals surface area contributed by atoms with Crippen molar-refractivity contribution < 1.29 is 4.74 Å². The molecule has 1 rings (SSSR count). The number of hydrogen-bond acceptors (Lipinski definition) is 2. The molecule has 0 saturated heterocycles. The molecule has 2 heteroatoms. The second-order valence-corrected chi connectivity index (χ2v) is 4.66. The third-order valence-corrected chi connectivity index (χ3v) is 3.22. The molecule has 1 unspecified atom stereocenters. The van der Waals surface area contributed by atoms with Gasteiger partial charge in [-0.3, -0.25) is 0 Å². The van der Waals surface area contributed by atoms with Gasteiger partial charge in [0.1, 0.15) is 0 Å². The number of aryl methyl sites for hydroxylation is 2. The van der Waals surface area contributed by atoms with E-state index in [1.54, 1.807) is 7.11 Å². The Morgan fingerprint density at radius 2 is 2.00 bits per heavy atom. The van der Waals surface area contributed by atoms with Crippen LogP contribution in [0, 0.1) is 13.8 Å². The van der Waals surface area contributed by atoms with Crippen molar-refractivity contribution in [2.75, 3.05) is 20.3 Å². The van der Waals surface area contributed by atoms with E-state index >= 15 is 0 Å². The molecule has 1 atom stereocenters. The zero-order valence-electron chi connectivity index (χ0n) is 11.5. The van der Waals surface area contributed by atoms with Crippen LogP contribution in [-0.2, 0) is 11.2 Å². The summed E-state index contributed by atoms with van der Waals surface area (Å²) in [5.41, 5.74) is 4.16. The molecule has 0 heterocycles. The van der Waals surface area contributed by atoms with Crippen LogP contribution in [0.1, 0.15) is 30.0 Å². The van der Waals surface area contributed by atoms with Crippen molar-refractivity contribution in [3.8, 4) is 0 Å². The molecule has 0 bridgehead atoms. The van der Waals surface area contributed by atoms with Crippen LogP contribution in [0.25, 0.3) is 0 Å². The minimum atomic E-state index is 0.516. The van der Waals surface area contributed by atoms with E-state index in [1.165, 1.54) is 16.7 Å². The minimum Gasteiger partial charge on any atom is -0.385 e. The van der Waals surface area contributed by atoms with Crippen LogP contribution < -0.4 is 5.32 Å². The molecule has 0 aliphatic carbocycles. The van der Waals surface area contributed by atoms with Crippen molar-refractivity contribution in [1.82, 2.24) is 5.32 Å². The van der Waals surface area contributed by atoms with Gasteiger partial charge in [-0.1, -0.05) is 25.1 Å². The largest absolute Gasteiger partial charge is 0.385 e. The maximum absolute atomic E-state index is 5.16. The first-order chi connectivity index (χ1) is 8.17. The molecule has 0 amide bonds. The van der Waals surface area contributed by atoms with Gasteiger partial charge in [0.15, 0.2) is 0 Å². The number of hydrogen-bond donors (Lipinski definition) is 1. The third-order valence-electron chi connectivity index (χ3n) is 3.22. The highest BCUT2D eigenvalue weighted by Crippen LogP contribution is 2.12. The molecule has 0 aromatic heterocycles. The van der Waals surface area contributed by atoms with Crippen molar-refractivity contribution >= 4 is 0 Å².